The number of hydrogen-bond donors (Lipinski definition) is 2. The van der Waals surface area contributed by atoms with Gasteiger partial charge in [-0.25, -0.2) is 4.39 Å². The molecule has 1 saturated heterocycles. The van der Waals surface area contributed by atoms with Gasteiger partial charge in [0.05, 0.1) is 0 Å². The summed E-state index contributed by atoms with van der Waals surface area (Å²) in [6.07, 6.45) is 1.11. The lowest BCUT2D eigenvalue weighted by atomic mass is 10.1. The molecule has 0 spiro atoms. The van der Waals surface area contributed by atoms with Crippen LogP contribution in [0.15, 0.2) is 24.3 Å². The van der Waals surface area contributed by atoms with Crippen molar-refractivity contribution in [3.63, 3.8) is 0 Å². The van der Waals surface area contributed by atoms with E-state index in [0.29, 0.717) is 0 Å². The van der Waals surface area contributed by atoms with Crippen molar-refractivity contribution >= 4 is 5.82 Å². The summed E-state index contributed by atoms with van der Waals surface area (Å²) in [5.74, 6) is 0.758. The summed E-state index contributed by atoms with van der Waals surface area (Å²) in [4.78, 5) is 2.29. The lowest BCUT2D eigenvalue weighted by Crippen LogP contribution is -2.28. The fraction of sp³-hybridized carbons (Fsp3) is 0.400. The topological polar surface area (TPSA) is 44.0 Å². The molecule has 4 nitrogen and oxygen atoms in total. The zero-order valence-electron chi connectivity index (χ0n) is 11.6. The minimum atomic E-state index is -0.213. The van der Waals surface area contributed by atoms with Gasteiger partial charge in [0.1, 0.15) is 5.82 Å². The largest absolute Gasteiger partial charge is 0.353 e. The van der Waals surface area contributed by atoms with Crippen LogP contribution < -0.4 is 10.2 Å². The number of nitrogens with one attached hydrogen (secondary N) is 2. The molecule has 1 aliphatic rings. The first-order chi connectivity index (χ1) is 9.75. The van der Waals surface area contributed by atoms with Gasteiger partial charge in [0, 0.05) is 30.9 Å². The predicted octanol–water partition coefficient (Wildman–Crippen LogP) is 2.32. The number of rotatable bonds is 2. The molecule has 1 fully saturated rings. The number of aromatic amines is 1. The maximum absolute atomic E-state index is 13.1. The summed E-state index contributed by atoms with van der Waals surface area (Å²) in [7, 11) is 0. The van der Waals surface area contributed by atoms with Crippen LogP contribution in [0.4, 0.5) is 10.2 Å². The van der Waals surface area contributed by atoms with Gasteiger partial charge in [-0.05, 0) is 37.6 Å². The third-order valence-corrected chi connectivity index (χ3v) is 3.70. The van der Waals surface area contributed by atoms with Crippen molar-refractivity contribution in [2.75, 3.05) is 31.1 Å². The zero-order chi connectivity index (χ0) is 13.9. The van der Waals surface area contributed by atoms with E-state index in [0.717, 1.165) is 55.2 Å². The highest BCUT2D eigenvalue weighted by molar-refractivity contribution is 5.78. The SMILES string of the molecule is Cc1[nH]nc(N2CCCNCC2)c1-c1ccc(F)cc1. The van der Waals surface area contributed by atoms with Crippen LogP contribution in [-0.2, 0) is 0 Å². The monoisotopic (exact) mass is 274 g/mol. The van der Waals surface area contributed by atoms with Crippen molar-refractivity contribution in [1.82, 2.24) is 15.5 Å². The number of anilines is 1. The van der Waals surface area contributed by atoms with Crippen LogP contribution in [0.2, 0.25) is 0 Å². The van der Waals surface area contributed by atoms with E-state index in [-0.39, 0.29) is 5.82 Å². The van der Waals surface area contributed by atoms with Crippen LogP contribution in [0.3, 0.4) is 0 Å². The summed E-state index contributed by atoms with van der Waals surface area (Å²) in [5.41, 5.74) is 3.10. The standard InChI is InChI=1S/C15H19FN4/c1-11-14(12-3-5-13(16)6-4-12)15(19-18-11)20-9-2-7-17-8-10-20/h3-6,17H,2,7-10H2,1H3,(H,18,19). The van der Waals surface area contributed by atoms with Gasteiger partial charge in [0.2, 0.25) is 0 Å². The third kappa shape index (κ3) is 2.54. The number of halogens is 1. The number of benzene rings is 1. The van der Waals surface area contributed by atoms with Crippen LogP contribution >= 0.6 is 0 Å². The second kappa shape index (κ2) is 5.63. The van der Waals surface area contributed by atoms with Crippen LogP contribution in [0.1, 0.15) is 12.1 Å². The van der Waals surface area contributed by atoms with E-state index in [2.05, 4.69) is 20.4 Å². The molecule has 0 amide bonds. The van der Waals surface area contributed by atoms with E-state index < -0.39 is 0 Å². The lowest BCUT2D eigenvalue weighted by Gasteiger charge is -2.21. The van der Waals surface area contributed by atoms with Gasteiger partial charge in [-0.15, -0.1) is 0 Å². The number of H-pyrrole nitrogens is 1. The molecule has 0 saturated carbocycles. The summed E-state index contributed by atoms with van der Waals surface area (Å²) in [6, 6.07) is 6.62. The molecule has 0 bridgehead atoms. The van der Waals surface area contributed by atoms with Gasteiger partial charge in [-0.3, -0.25) is 5.10 Å². The summed E-state index contributed by atoms with van der Waals surface area (Å²) < 4.78 is 13.1. The van der Waals surface area contributed by atoms with Crippen molar-refractivity contribution in [3.05, 3.63) is 35.8 Å². The molecule has 2 heterocycles. The highest BCUT2D eigenvalue weighted by Gasteiger charge is 2.19. The van der Waals surface area contributed by atoms with Gasteiger partial charge < -0.3 is 10.2 Å². The Morgan fingerprint density at radius 3 is 2.75 bits per heavy atom. The number of nitrogens with zero attached hydrogens (tertiary/aromatic N) is 2. The lowest BCUT2D eigenvalue weighted by molar-refractivity contribution is 0.628. The first kappa shape index (κ1) is 13.1. The Morgan fingerprint density at radius 1 is 1.15 bits per heavy atom. The molecule has 2 aromatic rings. The summed E-state index contributed by atoms with van der Waals surface area (Å²) >= 11 is 0. The van der Waals surface area contributed by atoms with E-state index in [1.54, 1.807) is 0 Å². The average Bonchev–Trinajstić information content (AvgIpc) is 2.67. The fourth-order valence-electron chi connectivity index (χ4n) is 2.66. The third-order valence-electron chi connectivity index (χ3n) is 3.70. The summed E-state index contributed by atoms with van der Waals surface area (Å²) in [5, 5.41) is 10.9. The first-order valence-corrected chi connectivity index (χ1v) is 7.02. The smallest absolute Gasteiger partial charge is 0.158 e. The Morgan fingerprint density at radius 2 is 1.95 bits per heavy atom. The average molecular weight is 274 g/mol. The molecule has 1 aromatic carbocycles. The van der Waals surface area contributed by atoms with E-state index in [1.807, 2.05) is 19.1 Å². The van der Waals surface area contributed by atoms with Crippen molar-refractivity contribution in [2.24, 2.45) is 0 Å². The van der Waals surface area contributed by atoms with E-state index in [4.69, 9.17) is 0 Å². The maximum Gasteiger partial charge on any atom is 0.158 e. The van der Waals surface area contributed by atoms with Gasteiger partial charge >= 0.3 is 0 Å². The van der Waals surface area contributed by atoms with Gasteiger partial charge in [0.25, 0.3) is 0 Å². The number of aromatic nitrogens is 2. The van der Waals surface area contributed by atoms with Crippen LogP contribution in [0, 0.1) is 12.7 Å². The fourth-order valence-corrected chi connectivity index (χ4v) is 2.66. The minimum Gasteiger partial charge on any atom is -0.353 e. The Kier molecular flexibility index (Phi) is 3.69. The molecule has 0 unspecified atom stereocenters. The van der Waals surface area contributed by atoms with Crippen LogP contribution in [0.5, 0.6) is 0 Å². The Balaban J connectivity index is 1.98. The Labute approximate surface area is 118 Å². The molecule has 1 aromatic heterocycles. The molecule has 3 rings (SSSR count). The Hall–Kier alpha value is -1.88. The molecule has 1 aliphatic heterocycles. The van der Waals surface area contributed by atoms with E-state index >= 15 is 0 Å². The molecule has 0 aliphatic carbocycles. The second-order valence-electron chi connectivity index (χ2n) is 5.14. The zero-order valence-corrected chi connectivity index (χ0v) is 11.6. The normalized spacial score (nSPS) is 16.2. The molecule has 0 atom stereocenters. The van der Waals surface area contributed by atoms with E-state index in [1.165, 1.54) is 12.1 Å². The van der Waals surface area contributed by atoms with Crippen molar-refractivity contribution in [2.45, 2.75) is 13.3 Å². The Bertz CT molecular complexity index is 568. The van der Waals surface area contributed by atoms with Crippen molar-refractivity contribution in [3.8, 4) is 11.1 Å². The van der Waals surface area contributed by atoms with Crippen molar-refractivity contribution < 1.29 is 4.39 Å². The van der Waals surface area contributed by atoms with E-state index in [9.17, 15) is 4.39 Å². The minimum absolute atomic E-state index is 0.213. The quantitative estimate of drug-likeness (QED) is 0.883. The van der Waals surface area contributed by atoms with Gasteiger partial charge in [0.15, 0.2) is 5.82 Å². The highest BCUT2D eigenvalue weighted by atomic mass is 19.1. The number of aryl methyl sites for hydroxylation is 1. The summed E-state index contributed by atoms with van der Waals surface area (Å²) in [6.45, 7) is 5.95. The maximum atomic E-state index is 13.1. The second-order valence-corrected chi connectivity index (χ2v) is 5.14. The molecule has 106 valence electrons. The van der Waals surface area contributed by atoms with Gasteiger partial charge in [-0.1, -0.05) is 12.1 Å². The van der Waals surface area contributed by atoms with Crippen molar-refractivity contribution in [1.29, 1.82) is 0 Å². The molecule has 0 radical (unpaired) electrons. The molecular formula is C15H19FN4. The van der Waals surface area contributed by atoms with Crippen LogP contribution in [0.25, 0.3) is 11.1 Å². The molecule has 5 heteroatoms. The molecule has 20 heavy (non-hydrogen) atoms. The number of hydrogen-bond acceptors (Lipinski definition) is 3. The van der Waals surface area contributed by atoms with Crippen LogP contribution in [-0.4, -0.2) is 36.4 Å². The van der Waals surface area contributed by atoms with Gasteiger partial charge in [-0.2, -0.15) is 5.10 Å². The molecular weight excluding hydrogens is 255 g/mol. The first-order valence-electron chi connectivity index (χ1n) is 7.02. The molecule has 2 N–H and O–H groups in total. The highest BCUT2D eigenvalue weighted by Crippen LogP contribution is 2.32. The predicted molar refractivity (Wildman–Crippen MR) is 78.4 cm³/mol.